The molecule has 0 aliphatic rings. The molecule has 1 N–H and O–H groups in total. The first-order valence-corrected chi connectivity index (χ1v) is 11.0. The topological polar surface area (TPSA) is 112 Å². The van der Waals surface area contributed by atoms with Gasteiger partial charge < -0.3 is 18.9 Å². The number of amides is 1. The lowest BCUT2D eigenvalue weighted by atomic mass is 10.1. The summed E-state index contributed by atoms with van der Waals surface area (Å²) in [5.74, 6) is -0.620. The Labute approximate surface area is 200 Å². The minimum absolute atomic E-state index is 0.131. The third-order valence-electron chi connectivity index (χ3n) is 5.29. The fourth-order valence-electron chi connectivity index (χ4n) is 3.67. The number of oxazole rings is 1. The van der Waals surface area contributed by atoms with Crippen LogP contribution in [0.2, 0.25) is 0 Å². The van der Waals surface area contributed by atoms with Crippen LogP contribution in [0.4, 0.5) is 5.69 Å². The Morgan fingerprint density at radius 1 is 1.03 bits per heavy atom. The molecule has 0 saturated carbocycles. The number of esters is 1. The number of carbonyl (C=O) groups is 2. The molecule has 35 heavy (non-hydrogen) atoms. The molecule has 0 fully saturated rings. The summed E-state index contributed by atoms with van der Waals surface area (Å²) in [5, 5.41) is 2.92. The molecular formula is C26H21N5O4. The standard InChI is InChI=1S/C26H21N5O4/c1-3-34-26(33)21-14-31-13-20(19(12-23(31)28-21)17-7-5-4-6-8-17)29-24(32)22-15-35-25(30-22)18-9-10-27-16(2)11-18/h4-15H,3H2,1-2H3,(H,29,32). The molecule has 9 nitrogen and oxygen atoms in total. The number of hydrogen-bond donors (Lipinski definition) is 1. The SMILES string of the molecule is CCOC(=O)c1cn2cc(NC(=O)c3coc(-c4ccnc(C)c4)n3)c(-c3ccccc3)cc2n1. The Bertz CT molecular complexity index is 1540. The first-order valence-electron chi connectivity index (χ1n) is 11.0. The van der Waals surface area contributed by atoms with E-state index < -0.39 is 11.9 Å². The number of nitrogens with one attached hydrogen (secondary N) is 1. The Balaban J connectivity index is 1.51. The highest BCUT2D eigenvalue weighted by molar-refractivity contribution is 6.05. The van der Waals surface area contributed by atoms with Crippen LogP contribution in [0, 0.1) is 6.92 Å². The van der Waals surface area contributed by atoms with Crippen molar-refractivity contribution in [1.29, 1.82) is 0 Å². The smallest absolute Gasteiger partial charge is 0.358 e. The van der Waals surface area contributed by atoms with E-state index in [1.54, 1.807) is 36.0 Å². The van der Waals surface area contributed by atoms with E-state index in [1.807, 2.05) is 49.4 Å². The molecule has 1 aromatic carbocycles. The summed E-state index contributed by atoms with van der Waals surface area (Å²) in [7, 11) is 0. The van der Waals surface area contributed by atoms with Crippen LogP contribution in [0.15, 0.2) is 77.8 Å². The maximum atomic E-state index is 13.1. The molecule has 0 unspecified atom stereocenters. The van der Waals surface area contributed by atoms with Crippen molar-refractivity contribution in [2.45, 2.75) is 13.8 Å². The lowest BCUT2D eigenvalue weighted by Crippen LogP contribution is -2.13. The number of pyridine rings is 2. The average molecular weight is 467 g/mol. The van der Waals surface area contributed by atoms with Crippen molar-refractivity contribution in [2.75, 3.05) is 11.9 Å². The largest absolute Gasteiger partial charge is 0.461 e. The number of aromatic nitrogens is 4. The van der Waals surface area contributed by atoms with Gasteiger partial charge in [-0.2, -0.15) is 0 Å². The minimum atomic E-state index is -0.510. The molecule has 9 heteroatoms. The molecule has 1 amide bonds. The van der Waals surface area contributed by atoms with Crippen LogP contribution >= 0.6 is 0 Å². The zero-order valence-corrected chi connectivity index (χ0v) is 19.1. The van der Waals surface area contributed by atoms with Gasteiger partial charge in [-0.1, -0.05) is 30.3 Å². The third kappa shape index (κ3) is 4.51. The highest BCUT2D eigenvalue weighted by Gasteiger charge is 2.19. The second kappa shape index (κ2) is 9.22. The van der Waals surface area contributed by atoms with Crippen molar-refractivity contribution < 1.29 is 18.7 Å². The summed E-state index contributed by atoms with van der Waals surface area (Å²) >= 11 is 0. The van der Waals surface area contributed by atoms with E-state index in [-0.39, 0.29) is 18.0 Å². The molecule has 0 bridgehead atoms. The molecular weight excluding hydrogens is 446 g/mol. The third-order valence-corrected chi connectivity index (χ3v) is 5.29. The number of nitrogens with zero attached hydrogens (tertiary/aromatic N) is 4. The van der Waals surface area contributed by atoms with Crippen molar-refractivity contribution in [3.05, 3.63) is 90.5 Å². The number of fused-ring (bicyclic) bond motifs is 1. The van der Waals surface area contributed by atoms with Crippen LogP contribution in [-0.4, -0.2) is 37.8 Å². The van der Waals surface area contributed by atoms with E-state index in [0.29, 0.717) is 17.2 Å². The van der Waals surface area contributed by atoms with Gasteiger partial charge in [0.05, 0.1) is 12.3 Å². The summed E-state index contributed by atoms with van der Waals surface area (Å²) in [6.45, 7) is 3.85. The summed E-state index contributed by atoms with van der Waals surface area (Å²) in [6, 6.07) is 15.0. The summed E-state index contributed by atoms with van der Waals surface area (Å²) in [5.41, 5.74) is 4.53. The van der Waals surface area contributed by atoms with Crippen LogP contribution in [0.1, 0.15) is 33.6 Å². The fourth-order valence-corrected chi connectivity index (χ4v) is 3.67. The summed E-state index contributed by atoms with van der Waals surface area (Å²) < 4.78 is 12.3. The zero-order valence-electron chi connectivity index (χ0n) is 19.1. The highest BCUT2D eigenvalue weighted by Crippen LogP contribution is 2.30. The van der Waals surface area contributed by atoms with Crippen LogP contribution in [-0.2, 0) is 4.74 Å². The van der Waals surface area contributed by atoms with Gasteiger partial charge in [0.1, 0.15) is 11.9 Å². The van der Waals surface area contributed by atoms with Gasteiger partial charge in [0.2, 0.25) is 5.89 Å². The quantitative estimate of drug-likeness (QED) is 0.357. The Kier molecular flexibility index (Phi) is 5.80. The van der Waals surface area contributed by atoms with E-state index in [9.17, 15) is 9.59 Å². The normalized spacial score (nSPS) is 10.9. The molecule has 4 aromatic heterocycles. The molecule has 5 aromatic rings. The van der Waals surface area contributed by atoms with E-state index in [0.717, 1.165) is 22.4 Å². The Morgan fingerprint density at radius 3 is 2.63 bits per heavy atom. The lowest BCUT2D eigenvalue weighted by molar-refractivity contribution is 0.0520. The van der Waals surface area contributed by atoms with Crippen LogP contribution < -0.4 is 5.32 Å². The number of rotatable bonds is 6. The molecule has 0 atom stereocenters. The zero-order chi connectivity index (χ0) is 24.4. The first-order chi connectivity index (χ1) is 17.0. The summed E-state index contributed by atoms with van der Waals surface area (Å²) in [4.78, 5) is 38.2. The lowest BCUT2D eigenvalue weighted by Gasteiger charge is -2.11. The fraction of sp³-hybridized carbons (Fsp3) is 0.115. The van der Waals surface area contributed by atoms with Crippen molar-refractivity contribution in [3.8, 4) is 22.6 Å². The second-order valence-corrected chi connectivity index (χ2v) is 7.76. The van der Waals surface area contributed by atoms with Crippen molar-refractivity contribution in [3.63, 3.8) is 0 Å². The number of anilines is 1. The van der Waals surface area contributed by atoms with E-state index in [4.69, 9.17) is 9.15 Å². The van der Waals surface area contributed by atoms with Gasteiger partial charge in [-0.05, 0) is 37.6 Å². The Morgan fingerprint density at radius 2 is 1.86 bits per heavy atom. The highest BCUT2D eigenvalue weighted by atomic mass is 16.5. The molecule has 0 spiro atoms. The Hall–Kier alpha value is -4.79. The number of ether oxygens (including phenoxy) is 1. The van der Waals surface area contributed by atoms with Gasteiger partial charge in [0.25, 0.3) is 5.91 Å². The maximum absolute atomic E-state index is 13.1. The molecule has 4 heterocycles. The molecule has 0 radical (unpaired) electrons. The summed E-state index contributed by atoms with van der Waals surface area (Å²) in [6.07, 6.45) is 6.25. The van der Waals surface area contributed by atoms with E-state index >= 15 is 0 Å². The van der Waals surface area contributed by atoms with Crippen molar-refractivity contribution in [1.82, 2.24) is 19.4 Å². The number of benzene rings is 1. The predicted octanol–water partition coefficient (Wildman–Crippen LogP) is 4.79. The van der Waals surface area contributed by atoms with Gasteiger partial charge in [-0.25, -0.2) is 14.8 Å². The van der Waals surface area contributed by atoms with Gasteiger partial charge in [-0.3, -0.25) is 9.78 Å². The van der Waals surface area contributed by atoms with E-state index in [2.05, 4.69) is 20.3 Å². The van der Waals surface area contributed by atoms with Gasteiger partial charge >= 0.3 is 5.97 Å². The van der Waals surface area contributed by atoms with Crippen molar-refractivity contribution in [2.24, 2.45) is 0 Å². The van der Waals surface area contributed by atoms with E-state index in [1.165, 1.54) is 6.26 Å². The van der Waals surface area contributed by atoms with Gasteiger partial charge in [0, 0.05) is 35.4 Å². The molecule has 0 saturated heterocycles. The predicted molar refractivity (Wildman–Crippen MR) is 129 cm³/mol. The van der Waals surface area contributed by atoms with Gasteiger partial charge in [0.15, 0.2) is 11.4 Å². The van der Waals surface area contributed by atoms with Crippen molar-refractivity contribution >= 4 is 23.2 Å². The van der Waals surface area contributed by atoms with Crippen LogP contribution in [0.5, 0.6) is 0 Å². The molecule has 5 rings (SSSR count). The maximum Gasteiger partial charge on any atom is 0.358 e. The van der Waals surface area contributed by atoms with Crippen LogP contribution in [0.3, 0.4) is 0 Å². The van der Waals surface area contributed by atoms with Gasteiger partial charge in [-0.15, -0.1) is 0 Å². The first kappa shape index (κ1) is 22.0. The minimum Gasteiger partial charge on any atom is -0.461 e. The second-order valence-electron chi connectivity index (χ2n) is 7.76. The monoisotopic (exact) mass is 467 g/mol. The van der Waals surface area contributed by atoms with Crippen LogP contribution in [0.25, 0.3) is 28.2 Å². The molecule has 174 valence electrons. The number of hydrogen-bond acceptors (Lipinski definition) is 7. The average Bonchev–Trinajstić information content (AvgIpc) is 3.52. The number of carbonyl (C=O) groups excluding carboxylic acids is 2. The number of aryl methyl sites for hydroxylation is 1. The molecule has 0 aliphatic heterocycles. The molecule has 0 aliphatic carbocycles. The number of imidazole rings is 1.